The summed E-state index contributed by atoms with van der Waals surface area (Å²) < 4.78 is 27.1. The largest absolute Gasteiger partial charge is 0.250 e. The van der Waals surface area contributed by atoms with Crippen molar-refractivity contribution < 1.29 is 8.42 Å². The molecular formula is C10H16ClNO2S2. The maximum atomic E-state index is 12.0. The van der Waals surface area contributed by atoms with E-state index in [1.54, 1.807) is 17.5 Å². The first-order chi connectivity index (χ1) is 7.49. The molecule has 92 valence electrons. The summed E-state index contributed by atoms with van der Waals surface area (Å²) >= 11 is 7.08. The number of sulfonamides is 1. The fraction of sp³-hybridized carbons (Fsp3) is 0.600. The highest BCUT2D eigenvalue weighted by molar-refractivity contribution is 7.91. The van der Waals surface area contributed by atoms with Crippen LogP contribution in [0.3, 0.4) is 0 Å². The van der Waals surface area contributed by atoms with Crippen LogP contribution in [0.5, 0.6) is 0 Å². The molecule has 0 unspecified atom stereocenters. The van der Waals surface area contributed by atoms with Gasteiger partial charge in [0, 0.05) is 11.4 Å². The first kappa shape index (κ1) is 14.0. The lowest BCUT2D eigenvalue weighted by Gasteiger charge is -2.29. The summed E-state index contributed by atoms with van der Waals surface area (Å²) in [6.45, 7) is 3.87. The minimum absolute atomic E-state index is 0.282. The Morgan fingerprint density at radius 1 is 1.44 bits per heavy atom. The van der Waals surface area contributed by atoms with Crippen molar-refractivity contribution in [3.05, 3.63) is 17.5 Å². The first-order valence-electron chi connectivity index (χ1n) is 5.13. The van der Waals surface area contributed by atoms with Crippen LogP contribution in [-0.4, -0.2) is 19.8 Å². The topological polar surface area (TPSA) is 46.2 Å². The van der Waals surface area contributed by atoms with E-state index in [9.17, 15) is 8.42 Å². The summed E-state index contributed by atoms with van der Waals surface area (Å²) in [7, 11) is -3.43. The Kier molecular flexibility index (Phi) is 4.79. The molecule has 1 aromatic heterocycles. The Morgan fingerprint density at radius 3 is 2.44 bits per heavy atom. The highest BCUT2D eigenvalue weighted by Crippen LogP contribution is 2.23. The Hall–Kier alpha value is -0.100. The molecule has 0 bridgehead atoms. The molecule has 0 saturated carbocycles. The number of hydrogen-bond donors (Lipinski definition) is 1. The minimum Gasteiger partial charge on any atom is -0.206 e. The van der Waals surface area contributed by atoms with Gasteiger partial charge >= 0.3 is 0 Å². The maximum Gasteiger partial charge on any atom is 0.250 e. The van der Waals surface area contributed by atoms with Crippen molar-refractivity contribution in [1.82, 2.24) is 4.72 Å². The second kappa shape index (κ2) is 5.49. The molecule has 1 heterocycles. The SMILES string of the molecule is CCC(CC)(CCl)NS(=O)(=O)c1cccs1. The zero-order chi connectivity index (χ0) is 12.2. The van der Waals surface area contributed by atoms with Gasteiger partial charge < -0.3 is 0 Å². The second-order valence-electron chi connectivity index (χ2n) is 3.66. The van der Waals surface area contributed by atoms with E-state index in [1.165, 1.54) is 11.3 Å². The zero-order valence-electron chi connectivity index (χ0n) is 9.36. The Bertz CT molecular complexity index is 402. The van der Waals surface area contributed by atoms with Crippen molar-refractivity contribution in [1.29, 1.82) is 0 Å². The normalized spacial score (nSPS) is 12.9. The summed E-state index contributed by atoms with van der Waals surface area (Å²) in [6, 6.07) is 3.32. The van der Waals surface area contributed by atoms with Crippen molar-refractivity contribution >= 4 is 33.0 Å². The van der Waals surface area contributed by atoms with E-state index >= 15 is 0 Å². The molecule has 3 nitrogen and oxygen atoms in total. The van der Waals surface area contributed by atoms with E-state index < -0.39 is 15.6 Å². The van der Waals surface area contributed by atoms with Crippen LogP contribution in [0.4, 0.5) is 0 Å². The molecule has 16 heavy (non-hydrogen) atoms. The van der Waals surface area contributed by atoms with Gasteiger partial charge in [0.2, 0.25) is 0 Å². The summed E-state index contributed by atoms with van der Waals surface area (Å²) in [5.74, 6) is 0.282. The van der Waals surface area contributed by atoms with Crippen LogP contribution in [0.15, 0.2) is 21.7 Å². The first-order valence-corrected chi connectivity index (χ1v) is 8.03. The van der Waals surface area contributed by atoms with Crippen LogP contribution in [0.25, 0.3) is 0 Å². The Balaban J connectivity index is 2.96. The number of rotatable bonds is 6. The van der Waals surface area contributed by atoms with Crippen LogP contribution in [0, 0.1) is 0 Å². The molecule has 6 heteroatoms. The predicted molar refractivity (Wildman–Crippen MR) is 68.7 cm³/mol. The fourth-order valence-electron chi connectivity index (χ4n) is 1.36. The highest BCUT2D eigenvalue weighted by Gasteiger charge is 2.31. The Labute approximate surface area is 106 Å². The van der Waals surface area contributed by atoms with Gasteiger partial charge in [0.1, 0.15) is 4.21 Å². The third-order valence-electron chi connectivity index (χ3n) is 2.72. The Morgan fingerprint density at radius 2 is 2.06 bits per heavy atom. The van der Waals surface area contributed by atoms with E-state index in [4.69, 9.17) is 11.6 Å². The number of nitrogens with one attached hydrogen (secondary N) is 1. The van der Waals surface area contributed by atoms with Crippen molar-refractivity contribution in [2.45, 2.75) is 36.4 Å². The van der Waals surface area contributed by atoms with Crippen LogP contribution in [0.1, 0.15) is 26.7 Å². The summed E-state index contributed by atoms with van der Waals surface area (Å²) in [5, 5.41) is 1.74. The molecule has 0 fully saturated rings. The summed E-state index contributed by atoms with van der Waals surface area (Å²) in [6.07, 6.45) is 1.36. The molecule has 1 rings (SSSR count). The number of alkyl halides is 1. The maximum absolute atomic E-state index is 12.0. The molecule has 0 radical (unpaired) electrons. The van der Waals surface area contributed by atoms with Gasteiger partial charge in [-0.2, -0.15) is 0 Å². The van der Waals surface area contributed by atoms with Crippen LogP contribution < -0.4 is 4.72 Å². The van der Waals surface area contributed by atoms with Gasteiger partial charge in [-0.3, -0.25) is 0 Å². The third kappa shape index (κ3) is 2.97. The molecule has 0 atom stereocenters. The molecule has 0 aliphatic rings. The molecule has 0 aliphatic carbocycles. The highest BCUT2D eigenvalue weighted by atomic mass is 35.5. The molecule has 0 saturated heterocycles. The van der Waals surface area contributed by atoms with Crippen molar-refractivity contribution in [2.75, 3.05) is 5.88 Å². The molecular weight excluding hydrogens is 266 g/mol. The van der Waals surface area contributed by atoms with Crippen molar-refractivity contribution in [2.24, 2.45) is 0 Å². The van der Waals surface area contributed by atoms with Gasteiger partial charge in [0.15, 0.2) is 0 Å². The van der Waals surface area contributed by atoms with E-state index in [1.807, 2.05) is 13.8 Å². The van der Waals surface area contributed by atoms with Crippen molar-refractivity contribution in [3.8, 4) is 0 Å². The van der Waals surface area contributed by atoms with Gasteiger partial charge in [-0.05, 0) is 24.3 Å². The fourth-order valence-corrected chi connectivity index (χ4v) is 4.42. The lowest BCUT2D eigenvalue weighted by atomic mass is 9.97. The quantitative estimate of drug-likeness (QED) is 0.815. The van der Waals surface area contributed by atoms with Gasteiger partial charge in [0.25, 0.3) is 10.0 Å². The molecule has 1 aromatic rings. The number of halogens is 1. The van der Waals surface area contributed by atoms with Crippen LogP contribution in [-0.2, 0) is 10.0 Å². The number of hydrogen-bond acceptors (Lipinski definition) is 3. The van der Waals surface area contributed by atoms with Crippen LogP contribution >= 0.6 is 22.9 Å². The van der Waals surface area contributed by atoms with E-state index in [0.29, 0.717) is 17.1 Å². The predicted octanol–water partition coefficient (Wildman–Crippen LogP) is 2.82. The van der Waals surface area contributed by atoms with E-state index in [-0.39, 0.29) is 5.88 Å². The lowest BCUT2D eigenvalue weighted by Crippen LogP contribution is -2.48. The molecule has 0 amide bonds. The molecule has 0 spiro atoms. The monoisotopic (exact) mass is 281 g/mol. The van der Waals surface area contributed by atoms with Crippen molar-refractivity contribution in [3.63, 3.8) is 0 Å². The minimum atomic E-state index is -3.43. The van der Waals surface area contributed by atoms with Gasteiger partial charge in [0.05, 0.1) is 0 Å². The zero-order valence-corrected chi connectivity index (χ0v) is 11.8. The molecule has 1 N–H and O–H groups in total. The average Bonchev–Trinajstić information content (AvgIpc) is 2.80. The lowest BCUT2D eigenvalue weighted by molar-refractivity contribution is 0.394. The average molecular weight is 282 g/mol. The molecule has 0 aromatic carbocycles. The smallest absolute Gasteiger partial charge is 0.206 e. The van der Waals surface area contributed by atoms with Gasteiger partial charge in [-0.1, -0.05) is 19.9 Å². The molecule has 0 aliphatic heterocycles. The standard InChI is InChI=1S/C10H16ClNO2S2/c1-3-10(4-2,8-11)12-16(13,14)9-6-5-7-15-9/h5-7,12H,3-4,8H2,1-2H3. The van der Waals surface area contributed by atoms with Gasteiger partial charge in [-0.25, -0.2) is 13.1 Å². The van der Waals surface area contributed by atoms with E-state index in [0.717, 1.165) is 0 Å². The second-order valence-corrected chi connectivity index (χ2v) is 6.78. The third-order valence-corrected chi connectivity index (χ3v) is 6.21. The van der Waals surface area contributed by atoms with Gasteiger partial charge in [-0.15, -0.1) is 22.9 Å². The van der Waals surface area contributed by atoms with Crippen LogP contribution in [0.2, 0.25) is 0 Å². The van der Waals surface area contributed by atoms with E-state index in [2.05, 4.69) is 4.72 Å². The number of thiophene rings is 1. The summed E-state index contributed by atoms with van der Waals surface area (Å²) in [4.78, 5) is 0. The summed E-state index contributed by atoms with van der Waals surface area (Å²) in [5.41, 5.74) is -0.537.